The predicted octanol–water partition coefficient (Wildman–Crippen LogP) is 10.1. The molecule has 7 nitrogen and oxygen atoms in total. The largest absolute Gasteiger partial charge is 0.457 e. The first-order valence-corrected chi connectivity index (χ1v) is 19.0. The highest BCUT2D eigenvalue weighted by atomic mass is 79.9. The van der Waals surface area contributed by atoms with Gasteiger partial charge in [0.1, 0.15) is 17.5 Å². The van der Waals surface area contributed by atoms with E-state index in [4.69, 9.17) is 14.2 Å². The molecule has 3 atom stereocenters. The van der Waals surface area contributed by atoms with Crippen LogP contribution in [0.15, 0.2) is 111 Å². The predicted molar refractivity (Wildman–Crippen MR) is 203 cm³/mol. The van der Waals surface area contributed by atoms with Crippen molar-refractivity contribution in [2.75, 3.05) is 32.8 Å². The molecule has 2 saturated heterocycles. The van der Waals surface area contributed by atoms with Gasteiger partial charge in [-0.1, -0.05) is 78.1 Å². The van der Waals surface area contributed by atoms with E-state index in [0.29, 0.717) is 25.6 Å². The maximum Gasteiger partial charge on any atom is 0.237 e. The Labute approximate surface area is 312 Å². The maximum atomic E-state index is 14.1. The number of H-pyrrole nitrogens is 1. The minimum atomic E-state index is -0.616. The van der Waals surface area contributed by atoms with Gasteiger partial charge in [-0.2, -0.15) is 0 Å². The number of amides is 1. The van der Waals surface area contributed by atoms with Crippen LogP contribution in [0.2, 0.25) is 0 Å². The summed E-state index contributed by atoms with van der Waals surface area (Å²) in [5.41, 5.74) is 4.42. The summed E-state index contributed by atoms with van der Waals surface area (Å²) < 4.78 is 21.9. The van der Waals surface area contributed by atoms with Crippen LogP contribution in [0, 0.1) is 0 Å². The Bertz CT molecular complexity index is 1870. The Morgan fingerprint density at radius 2 is 1.61 bits per heavy atom. The number of hydrogen-bond acceptors (Lipinski definition) is 5. The number of carbonyl (C=O) groups is 1. The van der Waals surface area contributed by atoms with Gasteiger partial charge in [-0.05, 0) is 116 Å². The van der Waals surface area contributed by atoms with E-state index in [0.717, 1.165) is 67.5 Å². The van der Waals surface area contributed by atoms with Crippen LogP contribution in [0.3, 0.4) is 0 Å². The molecule has 0 aliphatic carbocycles. The molecule has 1 N–H and O–H groups in total. The number of ether oxygens (including phenoxy) is 3. The van der Waals surface area contributed by atoms with E-state index in [1.807, 2.05) is 90.7 Å². The molecule has 1 amide bonds. The quantitative estimate of drug-likeness (QED) is 0.160. The van der Waals surface area contributed by atoms with Crippen LogP contribution in [-0.2, 0) is 14.3 Å². The van der Waals surface area contributed by atoms with Gasteiger partial charge in [0.05, 0.1) is 19.3 Å². The molecule has 254 valence electrons. The van der Waals surface area contributed by atoms with Crippen LogP contribution in [0.1, 0.15) is 54.5 Å². The highest BCUT2D eigenvalue weighted by molar-refractivity contribution is 9.11. The lowest BCUT2D eigenvalue weighted by molar-refractivity contribution is -0.229. The summed E-state index contributed by atoms with van der Waals surface area (Å²) in [6, 6.07) is 29.9. The third-order valence-corrected chi connectivity index (χ3v) is 10.9. The number of morpholine rings is 1. The van der Waals surface area contributed by atoms with E-state index >= 15 is 0 Å². The summed E-state index contributed by atoms with van der Waals surface area (Å²) in [6.07, 6.45) is 3.24. The summed E-state index contributed by atoms with van der Waals surface area (Å²) in [6.45, 7) is 5.01. The van der Waals surface area contributed by atoms with Gasteiger partial charge in [-0.25, -0.2) is 0 Å². The minimum absolute atomic E-state index is 0.0934. The van der Waals surface area contributed by atoms with Crippen molar-refractivity contribution < 1.29 is 19.0 Å². The monoisotopic (exact) mass is 849 g/mol. The van der Waals surface area contributed by atoms with E-state index < -0.39 is 6.29 Å². The zero-order valence-electron chi connectivity index (χ0n) is 27.2. The smallest absolute Gasteiger partial charge is 0.237 e. The van der Waals surface area contributed by atoms with Gasteiger partial charge >= 0.3 is 0 Å². The molecule has 3 heterocycles. The minimum Gasteiger partial charge on any atom is -0.457 e. The number of fused-ring (bicyclic) bond motifs is 1. The average molecular weight is 852 g/mol. The van der Waals surface area contributed by atoms with Gasteiger partial charge in [-0.3, -0.25) is 9.69 Å². The van der Waals surface area contributed by atoms with E-state index in [-0.39, 0.29) is 18.1 Å². The number of benzene rings is 4. The van der Waals surface area contributed by atoms with Crippen molar-refractivity contribution in [1.82, 2.24) is 14.8 Å². The molecule has 7 rings (SSSR count). The standard InChI is InChI=1S/C39H38Br3N3O4/c1-25(28-19-30(41)21-31(42)20-28)48-39-38(27-7-9-29(40)10-8-27)45(17-18-47-39)37(46)24-44-15-13-26(14-16-44)35-23-43-36-12-11-33(22-34(35)36)49-32-5-3-2-4-6-32/h2-12,19-23,25-26,38-39,43H,13-18,24H2,1H3/t25?,38-,39+/m0/s1. The highest BCUT2D eigenvalue weighted by Gasteiger charge is 2.39. The molecule has 2 fully saturated rings. The zero-order chi connectivity index (χ0) is 33.9. The Hall–Kier alpha value is -2.99. The molecule has 5 aromatic rings. The van der Waals surface area contributed by atoms with Crippen molar-refractivity contribution in [3.63, 3.8) is 0 Å². The van der Waals surface area contributed by atoms with Crippen molar-refractivity contribution >= 4 is 64.6 Å². The second-order valence-electron chi connectivity index (χ2n) is 12.7. The van der Waals surface area contributed by atoms with Crippen LogP contribution < -0.4 is 4.74 Å². The molecule has 1 unspecified atom stereocenters. The Morgan fingerprint density at radius 3 is 2.35 bits per heavy atom. The molecule has 0 spiro atoms. The van der Waals surface area contributed by atoms with E-state index in [1.54, 1.807) is 0 Å². The second kappa shape index (κ2) is 15.5. The van der Waals surface area contributed by atoms with Crippen molar-refractivity contribution in [1.29, 1.82) is 0 Å². The van der Waals surface area contributed by atoms with Gasteiger partial charge in [0.2, 0.25) is 5.91 Å². The highest BCUT2D eigenvalue weighted by Crippen LogP contribution is 2.38. The molecule has 2 aliphatic rings. The summed E-state index contributed by atoms with van der Waals surface area (Å²) in [5, 5.41) is 1.20. The fraction of sp³-hybridized carbons (Fsp3) is 0.308. The maximum absolute atomic E-state index is 14.1. The molecule has 0 radical (unpaired) electrons. The number of hydrogen-bond donors (Lipinski definition) is 1. The number of nitrogens with one attached hydrogen (secondary N) is 1. The number of aromatic nitrogens is 1. The number of piperidine rings is 1. The Morgan fingerprint density at radius 1 is 0.878 bits per heavy atom. The molecule has 0 bridgehead atoms. The molecule has 2 aliphatic heterocycles. The van der Waals surface area contributed by atoms with Gasteiger partial charge in [-0.15, -0.1) is 0 Å². The van der Waals surface area contributed by atoms with Crippen molar-refractivity contribution in [2.24, 2.45) is 0 Å². The van der Waals surface area contributed by atoms with Crippen LogP contribution in [0.5, 0.6) is 11.5 Å². The van der Waals surface area contributed by atoms with Gasteiger partial charge in [0.15, 0.2) is 6.29 Å². The van der Waals surface area contributed by atoms with Gasteiger partial charge in [0.25, 0.3) is 0 Å². The third-order valence-electron chi connectivity index (χ3n) is 9.48. The van der Waals surface area contributed by atoms with Crippen LogP contribution in [-0.4, -0.2) is 59.8 Å². The molecular formula is C39H38Br3N3O4. The van der Waals surface area contributed by atoms with Crippen molar-refractivity contribution in [3.05, 3.63) is 127 Å². The summed E-state index contributed by atoms with van der Waals surface area (Å²) >= 11 is 10.7. The fourth-order valence-corrected chi connectivity index (χ4v) is 8.55. The number of para-hydroxylation sites is 1. The van der Waals surface area contributed by atoms with E-state index in [2.05, 4.69) is 76.0 Å². The average Bonchev–Trinajstić information content (AvgIpc) is 3.52. The Balaban J connectivity index is 1.03. The fourth-order valence-electron chi connectivity index (χ4n) is 6.96. The van der Waals surface area contributed by atoms with Crippen LogP contribution in [0.25, 0.3) is 10.9 Å². The number of rotatable bonds is 9. The second-order valence-corrected chi connectivity index (χ2v) is 15.5. The van der Waals surface area contributed by atoms with Gasteiger partial charge in [0, 0.05) is 37.1 Å². The molecule has 10 heteroatoms. The Kier molecular flexibility index (Phi) is 10.9. The summed E-state index contributed by atoms with van der Waals surface area (Å²) in [4.78, 5) is 21.8. The normalized spacial score (nSPS) is 19.6. The third kappa shape index (κ3) is 8.16. The van der Waals surface area contributed by atoms with Crippen LogP contribution >= 0.6 is 47.8 Å². The number of aromatic amines is 1. The first-order valence-electron chi connectivity index (χ1n) is 16.6. The molecular weight excluding hydrogens is 814 g/mol. The lowest BCUT2D eigenvalue weighted by atomic mass is 9.89. The number of halogens is 3. The summed E-state index contributed by atoms with van der Waals surface area (Å²) in [5.74, 6) is 2.15. The SMILES string of the molecule is CC(O[C@H]1OCCN(C(=O)CN2CCC(c3c[nH]c4ccc(Oc5ccccc5)cc34)CC2)[C@H]1c1ccc(Br)cc1)c1cc(Br)cc(Br)c1. The van der Waals surface area contributed by atoms with Gasteiger partial charge < -0.3 is 24.1 Å². The van der Waals surface area contributed by atoms with Crippen LogP contribution in [0.4, 0.5) is 0 Å². The number of likely N-dealkylation sites (tertiary alicyclic amines) is 1. The van der Waals surface area contributed by atoms with E-state index in [9.17, 15) is 4.79 Å². The number of nitrogens with zero attached hydrogens (tertiary/aromatic N) is 2. The topological polar surface area (TPSA) is 67.0 Å². The number of carbonyl (C=O) groups excluding carboxylic acids is 1. The molecule has 0 saturated carbocycles. The molecule has 1 aromatic heterocycles. The molecule has 49 heavy (non-hydrogen) atoms. The zero-order valence-corrected chi connectivity index (χ0v) is 31.9. The lowest BCUT2D eigenvalue weighted by Gasteiger charge is -2.43. The summed E-state index contributed by atoms with van der Waals surface area (Å²) in [7, 11) is 0. The lowest BCUT2D eigenvalue weighted by Crippen LogP contribution is -2.52. The first kappa shape index (κ1) is 34.5. The first-order chi connectivity index (χ1) is 23.8. The van der Waals surface area contributed by atoms with Crippen molar-refractivity contribution in [2.45, 2.75) is 44.1 Å². The van der Waals surface area contributed by atoms with Crippen molar-refractivity contribution in [3.8, 4) is 11.5 Å². The van der Waals surface area contributed by atoms with E-state index in [1.165, 1.54) is 10.9 Å². The molecule has 4 aromatic carbocycles.